The van der Waals surface area contributed by atoms with Crippen LogP contribution in [-0.2, 0) is 4.74 Å². The van der Waals surface area contributed by atoms with Crippen LogP contribution in [0, 0.1) is 11.3 Å². The number of aliphatic imine (C=N–C) groups is 1. The van der Waals surface area contributed by atoms with Gasteiger partial charge in [0.05, 0.1) is 6.04 Å². The lowest BCUT2D eigenvalue weighted by atomic mass is 9.88. The average molecular weight is 379 g/mol. The Balaban J connectivity index is 1.68. The fourth-order valence-corrected chi connectivity index (χ4v) is 7.41. The molecule has 0 bridgehead atoms. The number of ether oxygens (including phenoxy) is 1. The molecule has 0 N–H and O–H groups in total. The minimum atomic E-state index is -0.411. The van der Waals surface area contributed by atoms with Crippen molar-refractivity contribution in [3.63, 3.8) is 0 Å². The van der Waals surface area contributed by atoms with Gasteiger partial charge < -0.3 is 4.74 Å². The molecule has 0 spiro atoms. The predicted molar refractivity (Wildman–Crippen MR) is 117 cm³/mol. The van der Waals surface area contributed by atoms with Crippen LogP contribution in [0.2, 0.25) is 0 Å². The van der Waals surface area contributed by atoms with Crippen LogP contribution in [0.15, 0.2) is 65.7 Å². The van der Waals surface area contributed by atoms with Crippen LogP contribution in [0.5, 0.6) is 0 Å². The average Bonchev–Trinajstić information content (AvgIpc) is 3.33. The van der Waals surface area contributed by atoms with E-state index in [4.69, 9.17) is 9.73 Å². The molecule has 0 radical (unpaired) electrons. The highest BCUT2D eigenvalue weighted by molar-refractivity contribution is 7.73. The Bertz CT molecular complexity index is 742. The van der Waals surface area contributed by atoms with E-state index in [1.54, 1.807) is 0 Å². The van der Waals surface area contributed by atoms with Gasteiger partial charge >= 0.3 is 0 Å². The summed E-state index contributed by atoms with van der Waals surface area (Å²) in [5.74, 6) is 1.50. The van der Waals surface area contributed by atoms with E-state index in [2.05, 4.69) is 81.4 Å². The summed E-state index contributed by atoms with van der Waals surface area (Å²) in [5, 5.41) is 2.95. The molecule has 142 valence electrons. The van der Waals surface area contributed by atoms with E-state index >= 15 is 0 Å². The lowest BCUT2D eigenvalue weighted by Gasteiger charge is -2.29. The van der Waals surface area contributed by atoms with Crippen molar-refractivity contribution in [3.8, 4) is 0 Å². The van der Waals surface area contributed by atoms with Gasteiger partial charge in [0, 0.05) is 5.92 Å². The standard InChI is InChI=1S/C24H30NOP/c1-24(2,3)22-17-26-23(25-22)20-15-10-16-21(20)27(18-11-6-4-7-12-18)19-13-8-5-9-14-19/h4-9,11-14,20-22H,10,15-17H2,1-3H3/t20?,21-,22+/m1/s1. The molecule has 1 aliphatic carbocycles. The lowest BCUT2D eigenvalue weighted by molar-refractivity contribution is 0.229. The number of hydrogen-bond acceptors (Lipinski definition) is 2. The van der Waals surface area contributed by atoms with E-state index < -0.39 is 7.92 Å². The molecule has 0 saturated heterocycles. The summed E-state index contributed by atoms with van der Waals surface area (Å²) in [6.07, 6.45) is 3.75. The van der Waals surface area contributed by atoms with Crippen LogP contribution >= 0.6 is 7.92 Å². The molecular weight excluding hydrogens is 349 g/mol. The predicted octanol–water partition coefficient (Wildman–Crippen LogP) is 5.13. The Morgan fingerprint density at radius 1 is 0.889 bits per heavy atom. The van der Waals surface area contributed by atoms with Gasteiger partial charge in [-0.3, -0.25) is 0 Å². The Morgan fingerprint density at radius 3 is 2.00 bits per heavy atom. The normalized spacial score (nSPS) is 25.5. The lowest BCUT2D eigenvalue weighted by Crippen LogP contribution is -2.29. The summed E-state index contributed by atoms with van der Waals surface area (Å²) in [6, 6.07) is 22.5. The van der Waals surface area contributed by atoms with Crippen molar-refractivity contribution in [2.45, 2.75) is 51.7 Å². The summed E-state index contributed by atoms with van der Waals surface area (Å²) in [4.78, 5) is 5.07. The van der Waals surface area contributed by atoms with Crippen molar-refractivity contribution < 1.29 is 4.74 Å². The fourth-order valence-electron chi connectivity index (χ4n) is 4.29. The summed E-state index contributed by atoms with van der Waals surface area (Å²) in [7, 11) is -0.411. The number of benzene rings is 2. The third-order valence-electron chi connectivity index (χ3n) is 5.87. The van der Waals surface area contributed by atoms with Gasteiger partial charge in [-0.25, -0.2) is 4.99 Å². The molecule has 1 aliphatic heterocycles. The third kappa shape index (κ3) is 3.97. The van der Waals surface area contributed by atoms with Crippen molar-refractivity contribution in [1.29, 1.82) is 0 Å². The Hall–Kier alpha value is -1.66. The van der Waals surface area contributed by atoms with Crippen molar-refractivity contribution in [2.24, 2.45) is 16.3 Å². The smallest absolute Gasteiger partial charge is 0.187 e. The van der Waals surface area contributed by atoms with Crippen LogP contribution in [-0.4, -0.2) is 24.2 Å². The zero-order valence-electron chi connectivity index (χ0n) is 16.6. The largest absolute Gasteiger partial charge is 0.478 e. The van der Waals surface area contributed by atoms with E-state index in [0.717, 1.165) is 12.5 Å². The maximum Gasteiger partial charge on any atom is 0.187 e. The summed E-state index contributed by atoms with van der Waals surface area (Å²) >= 11 is 0. The van der Waals surface area contributed by atoms with Crippen molar-refractivity contribution >= 4 is 24.4 Å². The minimum Gasteiger partial charge on any atom is -0.478 e. The fraction of sp³-hybridized carbons (Fsp3) is 0.458. The van der Waals surface area contributed by atoms with Crippen molar-refractivity contribution in [2.75, 3.05) is 6.61 Å². The highest BCUT2D eigenvalue weighted by Gasteiger charge is 2.42. The van der Waals surface area contributed by atoms with Gasteiger partial charge in [-0.1, -0.05) is 87.9 Å². The van der Waals surface area contributed by atoms with Gasteiger partial charge in [-0.2, -0.15) is 0 Å². The van der Waals surface area contributed by atoms with Crippen LogP contribution in [0.3, 0.4) is 0 Å². The third-order valence-corrected chi connectivity index (χ3v) is 8.86. The molecule has 2 aromatic rings. The van der Waals surface area contributed by atoms with Gasteiger partial charge in [0.25, 0.3) is 0 Å². The van der Waals surface area contributed by atoms with E-state index in [9.17, 15) is 0 Å². The zero-order chi connectivity index (χ0) is 18.9. The second-order valence-electron chi connectivity index (χ2n) is 8.81. The molecule has 2 aromatic carbocycles. The molecule has 2 nitrogen and oxygen atoms in total. The van der Waals surface area contributed by atoms with Gasteiger partial charge in [-0.05, 0) is 42.4 Å². The molecule has 1 fully saturated rings. The molecule has 27 heavy (non-hydrogen) atoms. The minimum absolute atomic E-state index is 0.166. The zero-order valence-corrected chi connectivity index (χ0v) is 17.5. The van der Waals surface area contributed by atoms with Gasteiger partial charge in [-0.15, -0.1) is 0 Å². The maximum atomic E-state index is 6.19. The maximum absolute atomic E-state index is 6.19. The van der Waals surface area contributed by atoms with Gasteiger partial charge in [0.1, 0.15) is 6.61 Å². The Morgan fingerprint density at radius 2 is 1.48 bits per heavy atom. The van der Waals surface area contributed by atoms with Crippen molar-refractivity contribution in [1.82, 2.24) is 0 Å². The molecular formula is C24H30NOP. The highest BCUT2D eigenvalue weighted by atomic mass is 31.1. The van der Waals surface area contributed by atoms with Crippen LogP contribution < -0.4 is 10.6 Å². The molecule has 0 amide bonds. The van der Waals surface area contributed by atoms with E-state index in [1.807, 2.05) is 0 Å². The first-order valence-electron chi connectivity index (χ1n) is 10.1. The summed E-state index contributed by atoms with van der Waals surface area (Å²) in [6.45, 7) is 7.54. The first-order chi connectivity index (χ1) is 13.0. The highest BCUT2D eigenvalue weighted by Crippen LogP contribution is 2.51. The van der Waals surface area contributed by atoms with Crippen LogP contribution in [0.4, 0.5) is 0 Å². The number of hydrogen-bond donors (Lipinski definition) is 0. The van der Waals surface area contributed by atoms with E-state index in [-0.39, 0.29) is 11.5 Å². The monoisotopic (exact) mass is 379 g/mol. The van der Waals surface area contributed by atoms with Crippen LogP contribution in [0.1, 0.15) is 40.0 Å². The SMILES string of the molecule is CC(C)(C)[C@@H]1COC(C2CCC[C@H]2P(c2ccccc2)c2ccccc2)=N1. The Labute approximate surface area is 164 Å². The molecule has 3 atom stereocenters. The van der Waals surface area contributed by atoms with Crippen molar-refractivity contribution in [3.05, 3.63) is 60.7 Å². The molecule has 1 saturated carbocycles. The Kier molecular flexibility index (Phi) is 5.37. The van der Waals surface area contributed by atoms with Crippen LogP contribution in [0.25, 0.3) is 0 Å². The number of rotatable bonds is 4. The quantitative estimate of drug-likeness (QED) is 0.675. The first-order valence-corrected chi connectivity index (χ1v) is 11.5. The summed E-state index contributed by atoms with van der Waals surface area (Å²) < 4.78 is 6.19. The van der Waals surface area contributed by atoms with E-state index in [1.165, 1.54) is 29.9 Å². The number of nitrogens with zero attached hydrogens (tertiary/aromatic N) is 1. The van der Waals surface area contributed by atoms with Gasteiger partial charge in [0.2, 0.25) is 0 Å². The van der Waals surface area contributed by atoms with Gasteiger partial charge in [0.15, 0.2) is 5.90 Å². The topological polar surface area (TPSA) is 21.6 Å². The first kappa shape index (κ1) is 18.7. The summed E-state index contributed by atoms with van der Waals surface area (Å²) in [5.41, 5.74) is 0.779. The molecule has 1 unspecified atom stereocenters. The van der Waals surface area contributed by atoms with E-state index in [0.29, 0.717) is 11.6 Å². The molecule has 4 rings (SSSR count). The molecule has 1 heterocycles. The molecule has 2 aliphatic rings. The second-order valence-corrected chi connectivity index (χ2v) is 11.2. The molecule has 0 aromatic heterocycles. The molecule has 3 heteroatoms. The second kappa shape index (κ2) is 7.76.